The highest BCUT2D eigenvalue weighted by atomic mass is 16.4. The highest BCUT2D eigenvalue weighted by molar-refractivity contribution is 6.03. The summed E-state index contributed by atoms with van der Waals surface area (Å²) < 4.78 is 1.75. The molecule has 5 heteroatoms. The summed E-state index contributed by atoms with van der Waals surface area (Å²) in [5.41, 5.74) is -0.394. The van der Waals surface area contributed by atoms with Gasteiger partial charge in [0.15, 0.2) is 5.78 Å². The Kier molecular flexibility index (Phi) is 3.50. The van der Waals surface area contributed by atoms with Crippen molar-refractivity contribution in [2.45, 2.75) is 45.6 Å². The van der Waals surface area contributed by atoms with Gasteiger partial charge in [-0.05, 0) is 31.7 Å². The lowest BCUT2D eigenvalue weighted by molar-refractivity contribution is -0.157. The maximum Gasteiger partial charge on any atom is 0.317 e. The van der Waals surface area contributed by atoms with Gasteiger partial charge in [-0.1, -0.05) is 6.42 Å². The van der Waals surface area contributed by atoms with Crippen LogP contribution in [0, 0.1) is 5.41 Å². The summed E-state index contributed by atoms with van der Waals surface area (Å²) in [4.78, 5) is 23.5. The number of carbonyl (C=O) groups is 2. The Morgan fingerprint density at radius 3 is 2.89 bits per heavy atom. The molecule has 0 aliphatic heterocycles. The number of carbonyl (C=O) groups excluding carboxylic acids is 1. The third-order valence-electron chi connectivity index (χ3n) is 3.72. The van der Waals surface area contributed by atoms with Crippen molar-refractivity contribution in [3.63, 3.8) is 0 Å². The smallest absolute Gasteiger partial charge is 0.317 e. The van der Waals surface area contributed by atoms with Crippen LogP contribution in [-0.2, 0) is 22.6 Å². The minimum Gasteiger partial charge on any atom is -0.480 e. The molecule has 98 valence electrons. The molecule has 1 aromatic heterocycles. The van der Waals surface area contributed by atoms with E-state index >= 15 is 0 Å². The first-order chi connectivity index (χ1) is 8.58. The molecule has 0 radical (unpaired) electrons. The van der Waals surface area contributed by atoms with Gasteiger partial charge in [0.05, 0.1) is 6.20 Å². The Morgan fingerprint density at radius 1 is 1.56 bits per heavy atom. The van der Waals surface area contributed by atoms with E-state index in [4.69, 9.17) is 0 Å². The molecule has 1 aliphatic carbocycles. The standard InChI is InChI=1S/C13H18N2O3/c1-2-15-9-10(8-14-15)7-13(12(17)18)6-4-3-5-11(13)16/h8-9H,2-7H2,1H3,(H,17,18). The zero-order valence-electron chi connectivity index (χ0n) is 10.6. The van der Waals surface area contributed by atoms with Gasteiger partial charge in [0.1, 0.15) is 5.41 Å². The molecule has 0 saturated heterocycles. The Balaban J connectivity index is 2.25. The quantitative estimate of drug-likeness (QED) is 0.825. The second-order valence-electron chi connectivity index (χ2n) is 4.90. The van der Waals surface area contributed by atoms with E-state index in [1.807, 2.05) is 13.1 Å². The van der Waals surface area contributed by atoms with Crippen LogP contribution in [0.1, 0.15) is 38.2 Å². The normalized spacial score (nSPS) is 24.2. The number of hydrogen-bond acceptors (Lipinski definition) is 3. The topological polar surface area (TPSA) is 72.2 Å². The van der Waals surface area contributed by atoms with E-state index in [1.165, 1.54) is 0 Å². The molecule has 18 heavy (non-hydrogen) atoms. The van der Waals surface area contributed by atoms with Crippen LogP contribution in [0.15, 0.2) is 12.4 Å². The average molecular weight is 250 g/mol. The predicted molar refractivity (Wildman–Crippen MR) is 65.1 cm³/mol. The molecule has 1 saturated carbocycles. The minimum absolute atomic E-state index is 0.134. The third-order valence-corrected chi connectivity index (χ3v) is 3.72. The first-order valence-electron chi connectivity index (χ1n) is 6.36. The highest BCUT2D eigenvalue weighted by Crippen LogP contribution is 2.36. The van der Waals surface area contributed by atoms with E-state index < -0.39 is 11.4 Å². The lowest BCUT2D eigenvalue weighted by Gasteiger charge is -2.31. The van der Waals surface area contributed by atoms with Crippen LogP contribution in [0.5, 0.6) is 0 Å². The van der Waals surface area contributed by atoms with Crippen molar-refractivity contribution in [1.29, 1.82) is 0 Å². The predicted octanol–water partition coefficient (Wildman–Crippen LogP) is 1.66. The summed E-state index contributed by atoms with van der Waals surface area (Å²) >= 11 is 0. The largest absolute Gasteiger partial charge is 0.480 e. The number of carboxylic acid groups (broad SMARTS) is 1. The molecule has 1 N–H and O–H groups in total. The molecule has 0 bridgehead atoms. The molecule has 0 aromatic carbocycles. The summed E-state index contributed by atoms with van der Waals surface area (Å²) in [6.07, 6.45) is 6.19. The Bertz CT molecular complexity index is 467. The Hall–Kier alpha value is -1.65. The van der Waals surface area contributed by atoms with Crippen molar-refractivity contribution in [2.75, 3.05) is 0 Å². The van der Waals surface area contributed by atoms with Gasteiger partial charge in [0.2, 0.25) is 0 Å². The zero-order valence-corrected chi connectivity index (χ0v) is 10.6. The number of Topliss-reactive ketones (excluding diaryl/α,β-unsaturated/α-hetero) is 1. The number of aryl methyl sites for hydroxylation is 1. The highest BCUT2D eigenvalue weighted by Gasteiger charge is 2.46. The number of aromatic nitrogens is 2. The monoisotopic (exact) mass is 250 g/mol. The van der Waals surface area contributed by atoms with Crippen LogP contribution >= 0.6 is 0 Å². The summed E-state index contributed by atoms with van der Waals surface area (Å²) in [7, 11) is 0. The van der Waals surface area contributed by atoms with Crippen LogP contribution in [0.25, 0.3) is 0 Å². The van der Waals surface area contributed by atoms with Gasteiger partial charge in [-0.15, -0.1) is 0 Å². The molecule has 5 nitrogen and oxygen atoms in total. The van der Waals surface area contributed by atoms with Crippen molar-refractivity contribution in [3.8, 4) is 0 Å². The van der Waals surface area contributed by atoms with Crippen molar-refractivity contribution < 1.29 is 14.7 Å². The summed E-state index contributed by atoms with van der Waals surface area (Å²) in [5.74, 6) is -1.12. The SMILES string of the molecule is CCn1cc(CC2(C(=O)O)CCCCC2=O)cn1. The van der Waals surface area contributed by atoms with E-state index in [0.29, 0.717) is 12.8 Å². The molecule has 1 fully saturated rings. The first kappa shape index (κ1) is 12.8. The maximum atomic E-state index is 12.0. The molecule has 1 unspecified atom stereocenters. The number of aliphatic carboxylic acids is 1. The van der Waals surface area contributed by atoms with Gasteiger partial charge in [0, 0.05) is 19.2 Å². The molecule has 2 rings (SSSR count). The molecule has 0 amide bonds. The second kappa shape index (κ2) is 4.92. The fourth-order valence-electron chi connectivity index (χ4n) is 2.60. The number of nitrogens with zero attached hydrogens (tertiary/aromatic N) is 2. The van der Waals surface area contributed by atoms with Crippen molar-refractivity contribution >= 4 is 11.8 Å². The lowest BCUT2D eigenvalue weighted by Crippen LogP contribution is -2.43. The third kappa shape index (κ3) is 2.17. The summed E-state index contributed by atoms with van der Waals surface area (Å²) in [5, 5.41) is 13.6. The number of carboxylic acids is 1. The number of ketones is 1. The molecule has 0 spiro atoms. The van der Waals surface area contributed by atoms with Gasteiger partial charge in [-0.3, -0.25) is 14.3 Å². The van der Waals surface area contributed by atoms with E-state index in [1.54, 1.807) is 10.9 Å². The Labute approximate surface area is 106 Å². The van der Waals surface area contributed by atoms with Crippen molar-refractivity contribution in [1.82, 2.24) is 9.78 Å². The van der Waals surface area contributed by atoms with Crippen LogP contribution in [-0.4, -0.2) is 26.6 Å². The van der Waals surface area contributed by atoms with Crippen LogP contribution in [0.3, 0.4) is 0 Å². The lowest BCUT2D eigenvalue weighted by atomic mass is 9.70. The van der Waals surface area contributed by atoms with Crippen molar-refractivity contribution in [2.24, 2.45) is 5.41 Å². The van der Waals surface area contributed by atoms with E-state index in [9.17, 15) is 14.7 Å². The second-order valence-corrected chi connectivity index (χ2v) is 4.90. The van der Waals surface area contributed by atoms with E-state index in [2.05, 4.69) is 5.10 Å². The van der Waals surface area contributed by atoms with Gasteiger partial charge in [-0.2, -0.15) is 5.10 Å². The van der Waals surface area contributed by atoms with Crippen molar-refractivity contribution in [3.05, 3.63) is 18.0 Å². The van der Waals surface area contributed by atoms with Crippen LogP contribution in [0.2, 0.25) is 0 Å². The minimum atomic E-state index is -1.22. The fraction of sp³-hybridized carbons (Fsp3) is 0.615. The molecular weight excluding hydrogens is 232 g/mol. The zero-order chi connectivity index (χ0) is 13.2. The van der Waals surface area contributed by atoms with Gasteiger partial charge >= 0.3 is 5.97 Å². The molecule has 1 aromatic rings. The van der Waals surface area contributed by atoms with Gasteiger partial charge in [0.25, 0.3) is 0 Å². The summed E-state index contributed by atoms with van der Waals surface area (Å²) in [6.45, 7) is 2.71. The number of rotatable bonds is 4. The van der Waals surface area contributed by atoms with E-state index in [-0.39, 0.29) is 12.2 Å². The van der Waals surface area contributed by atoms with Gasteiger partial charge in [-0.25, -0.2) is 0 Å². The van der Waals surface area contributed by atoms with E-state index in [0.717, 1.165) is 24.9 Å². The molecule has 1 atom stereocenters. The Morgan fingerprint density at radius 2 is 2.33 bits per heavy atom. The van der Waals surface area contributed by atoms with Crippen LogP contribution in [0.4, 0.5) is 0 Å². The average Bonchev–Trinajstić information content (AvgIpc) is 2.79. The fourth-order valence-corrected chi connectivity index (χ4v) is 2.60. The molecule has 1 heterocycles. The molecular formula is C13H18N2O3. The molecule has 1 aliphatic rings. The number of hydrogen-bond donors (Lipinski definition) is 1. The first-order valence-corrected chi connectivity index (χ1v) is 6.36. The summed E-state index contributed by atoms with van der Waals surface area (Å²) in [6, 6.07) is 0. The van der Waals surface area contributed by atoms with Crippen LogP contribution < -0.4 is 0 Å². The maximum absolute atomic E-state index is 12.0. The van der Waals surface area contributed by atoms with Gasteiger partial charge < -0.3 is 5.11 Å².